The molecule has 1 aromatic rings. The topological polar surface area (TPSA) is 89.0 Å². The zero-order chi connectivity index (χ0) is 15.7. The van der Waals surface area contributed by atoms with Gasteiger partial charge in [-0.25, -0.2) is 18.4 Å². The summed E-state index contributed by atoms with van der Waals surface area (Å²) in [6.07, 6.45) is 13.0. The molecule has 0 atom stereocenters. The number of unbranched alkanes of at least 4 members (excludes halogenated alkanes) is 2. The van der Waals surface area contributed by atoms with Gasteiger partial charge in [0.25, 0.3) is 0 Å². The predicted octanol–water partition coefficient (Wildman–Crippen LogP) is 0.732. The van der Waals surface area contributed by atoms with Gasteiger partial charge in [0, 0.05) is 25.1 Å². The lowest BCUT2D eigenvalue weighted by Gasteiger charge is -2.03. The summed E-state index contributed by atoms with van der Waals surface area (Å²) in [5, 5.41) is 2.45. The number of carbonyl (C=O) groups is 1. The van der Waals surface area contributed by atoms with Crippen molar-refractivity contribution in [2.75, 3.05) is 12.8 Å². The SMILES string of the molecule is C#CCNC(=O)CCCCCc1cnc(S(C)(=O)=O)nc1. The fourth-order valence-corrected chi connectivity index (χ4v) is 2.18. The van der Waals surface area contributed by atoms with Crippen LogP contribution in [0.3, 0.4) is 0 Å². The van der Waals surface area contributed by atoms with Crippen LogP contribution in [0, 0.1) is 12.3 Å². The number of nitrogens with one attached hydrogen (secondary N) is 1. The molecular weight excluding hydrogens is 290 g/mol. The van der Waals surface area contributed by atoms with Crippen LogP contribution in [0.2, 0.25) is 0 Å². The molecule has 0 spiro atoms. The van der Waals surface area contributed by atoms with Crippen molar-refractivity contribution >= 4 is 15.7 Å². The molecular formula is C14H19N3O3S. The highest BCUT2D eigenvalue weighted by Gasteiger charge is 2.09. The normalized spacial score (nSPS) is 10.9. The molecule has 0 radical (unpaired) electrons. The number of rotatable bonds is 8. The Hall–Kier alpha value is -1.94. The summed E-state index contributed by atoms with van der Waals surface area (Å²) in [5.74, 6) is 2.31. The first-order valence-electron chi connectivity index (χ1n) is 6.64. The van der Waals surface area contributed by atoms with Gasteiger partial charge in [-0.1, -0.05) is 12.3 Å². The highest BCUT2D eigenvalue weighted by atomic mass is 32.2. The first kappa shape index (κ1) is 17.1. The Kier molecular flexibility index (Phi) is 6.82. The van der Waals surface area contributed by atoms with Crippen molar-refractivity contribution in [2.24, 2.45) is 0 Å². The van der Waals surface area contributed by atoms with E-state index in [4.69, 9.17) is 6.42 Å². The van der Waals surface area contributed by atoms with Crippen LogP contribution in [0.4, 0.5) is 0 Å². The number of carbonyl (C=O) groups excluding carboxylic acids is 1. The smallest absolute Gasteiger partial charge is 0.246 e. The van der Waals surface area contributed by atoms with Gasteiger partial charge in [-0.3, -0.25) is 4.79 Å². The molecule has 0 aromatic carbocycles. The van der Waals surface area contributed by atoms with E-state index in [1.54, 1.807) is 0 Å². The van der Waals surface area contributed by atoms with E-state index in [0.717, 1.165) is 37.5 Å². The van der Waals surface area contributed by atoms with Crippen LogP contribution >= 0.6 is 0 Å². The zero-order valence-corrected chi connectivity index (χ0v) is 12.8. The Morgan fingerprint density at radius 2 is 1.95 bits per heavy atom. The summed E-state index contributed by atoms with van der Waals surface area (Å²) in [5.41, 5.74) is 0.888. The fraction of sp³-hybridized carbons (Fsp3) is 0.500. The third kappa shape index (κ3) is 6.86. The molecule has 1 heterocycles. The summed E-state index contributed by atoms with van der Waals surface area (Å²) in [4.78, 5) is 18.9. The monoisotopic (exact) mass is 309 g/mol. The van der Waals surface area contributed by atoms with Gasteiger partial charge in [-0.05, 0) is 24.8 Å². The highest BCUT2D eigenvalue weighted by molar-refractivity contribution is 7.90. The molecule has 0 fully saturated rings. The Morgan fingerprint density at radius 1 is 1.29 bits per heavy atom. The molecule has 0 aliphatic carbocycles. The lowest BCUT2D eigenvalue weighted by Crippen LogP contribution is -2.22. The molecule has 7 heteroatoms. The third-order valence-corrected chi connectivity index (χ3v) is 3.64. The van der Waals surface area contributed by atoms with E-state index >= 15 is 0 Å². The lowest BCUT2D eigenvalue weighted by atomic mass is 10.1. The molecule has 0 aliphatic heterocycles. The number of hydrogen-bond acceptors (Lipinski definition) is 5. The van der Waals surface area contributed by atoms with Crippen molar-refractivity contribution < 1.29 is 13.2 Å². The van der Waals surface area contributed by atoms with E-state index in [0.29, 0.717) is 6.42 Å². The molecule has 0 aliphatic rings. The number of aryl methyl sites for hydroxylation is 1. The van der Waals surface area contributed by atoms with Crippen LogP contribution in [-0.2, 0) is 21.1 Å². The maximum Gasteiger partial charge on any atom is 0.246 e. The van der Waals surface area contributed by atoms with Crippen molar-refractivity contribution in [2.45, 2.75) is 37.3 Å². The standard InChI is InChI=1S/C14H19N3O3S/c1-3-9-15-13(18)8-6-4-5-7-12-10-16-14(17-11-12)21(2,19)20/h1,10-11H,4-9H2,2H3,(H,15,18). The van der Waals surface area contributed by atoms with Crippen molar-refractivity contribution in [3.8, 4) is 12.3 Å². The molecule has 114 valence electrons. The second kappa shape index (κ2) is 8.37. The van der Waals surface area contributed by atoms with Crippen LogP contribution in [0.15, 0.2) is 17.6 Å². The molecule has 0 saturated carbocycles. The van der Waals surface area contributed by atoms with Crippen LogP contribution in [0.1, 0.15) is 31.2 Å². The Balaban J connectivity index is 2.25. The van der Waals surface area contributed by atoms with Gasteiger partial charge in [0.05, 0.1) is 6.54 Å². The van der Waals surface area contributed by atoms with Crippen LogP contribution in [0.25, 0.3) is 0 Å². The molecule has 0 bridgehead atoms. The van der Waals surface area contributed by atoms with Gasteiger partial charge in [-0.2, -0.15) is 0 Å². The summed E-state index contributed by atoms with van der Waals surface area (Å²) >= 11 is 0. The van der Waals surface area contributed by atoms with Crippen LogP contribution in [-0.4, -0.2) is 37.1 Å². The van der Waals surface area contributed by atoms with Crippen LogP contribution in [0.5, 0.6) is 0 Å². The van der Waals surface area contributed by atoms with E-state index in [2.05, 4.69) is 21.2 Å². The molecule has 6 nitrogen and oxygen atoms in total. The Bertz CT molecular complexity index is 603. The second-order valence-electron chi connectivity index (χ2n) is 4.69. The average molecular weight is 309 g/mol. The first-order chi connectivity index (χ1) is 9.93. The molecule has 21 heavy (non-hydrogen) atoms. The zero-order valence-electron chi connectivity index (χ0n) is 12.0. The quantitative estimate of drug-likeness (QED) is 0.434. The minimum Gasteiger partial charge on any atom is -0.345 e. The second-order valence-corrected chi connectivity index (χ2v) is 6.60. The van der Waals surface area contributed by atoms with Gasteiger partial charge in [0.15, 0.2) is 0 Å². The predicted molar refractivity (Wildman–Crippen MR) is 79.2 cm³/mol. The van der Waals surface area contributed by atoms with Gasteiger partial charge in [-0.15, -0.1) is 6.42 Å². The maximum absolute atomic E-state index is 11.3. The van der Waals surface area contributed by atoms with E-state index in [1.807, 2.05) is 0 Å². The minimum absolute atomic E-state index is 0.0335. The van der Waals surface area contributed by atoms with E-state index in [9.17, 15) is 13.2 Å². The maximum atomic E-state index is 11.3. The molecule has 0 saturated heterocycles. The van der Waals surface area contributed by atoms with Crippen molar-refractivity contribution in [3.05, 3.63) is 18.0 Å². The highest BCUT2D eigenvalue weighted by Crippen LogP contribution is 2.08. The number of amides is 1. The molecule has 1 aromatic heterocycles. The van der Waals surface area contributed by atoms with E-state index in [1.165, 1.54) is 12.4 Å². The summed E-state index contributed by atoms with van der Waals surface area (Å²) in [6, 6.07) is 0. The lowest BCUT2D eigenvalue weighted by molar-refractivity contribution is -0.120. The van der Waals surface area contributed by atoms with E-state index < -0.39 is 9.84 Å². The van der Waals surface area contributed by atoms with Gasteiger partial charge in [0.1, 0.15) is 0 Å². The summed E-state index contributed by atoms with van der Waals surface area (Å²) in [6.45, 7) is 0.267. The largest absolute Gasteiger partial charge is 0.345 e. The van der Waals surface area contributed by atoms with Gasteiger partial charge in [0.2, 0.25) is 20.9 Å². The first-order valence-corrected chi connectivity index (χ1v) is 8.54. The number of hydrogen-bond donors (Lipinski definition) is 1. The summed E-state index contributed by atoms with van der Waals surface area (Å²) < 4.78 is 22.4. The van der Waals surface area contributed by atoms with Crippen molar-refractivity contribution in [3.63, 3.8) is 0 Å². The number of terminal acetylenes is 1. The van der Waals surface area contributed by atoms with Crippen LogP contribution < -0.4 is 5.32 Å². The third-order valence-electron chi connectivity index (χ3n) is 2.77. The number of nitrogens with zero attached hydrogens (tertiary/aromatic N) is 2. The molecule has 1 N–H and O–H groups in total. The van der Waals surface area contributed by atoms with Crippen molar-refractivity contribution in [1.82, 2.24) is 15.3 Å². The number of sulfone groups is 1. The Labute approximate surface area is 125 Å². The number of aromatic nitrogens is 2. The average Bonchev–Trinajstić information content (AvgIpc) is 2.44. The molecule has 1 amide bonds. The summed E-state index contributed by atoms with van der Waals surface area (Å²) in [7, 11) is -3.35. The fourth-order valence-electron chi connectivity index (χ4n) is 1.69. The molecule has 0 unspecified atom stereocenters. The van der Waals surface area contributed by atoms with E-state index in [-0.39, 0.29) is 17.6 Å². The molecule has 1 rings (SSSR count). The van der Waals surface area contributed by atoms with Crippen molar-refractivity contribution in [1.29, 1.82) is 0 Å². The minimum atomic E-state index is -3.35. The van der Waals surface area contributed by atoms with Gasteiger partial charge >= 0.3 is 0 Å². The Morgan fingerprint density at radius 3 is 2.52 bits per heavy atom. The van der Waals surface area contributed by atoms with Gasteiger partial charge < -0.3 is 5.32 Å².